The molecule has 0 radical (unpaired) electrons. The number of hydrogen-bond acceptors (Lipinski definition) is 6. The van der Waals surface area contributed by atoms with Gasteiger partial charge in [0, 0.05) is 11.8 Å². The lowest BCUT2D eigenvalue weighted by molar-refractivity contribution is -0.147. The van der Waals surface area contributed by atoms with Crippen molar-refractivity contribution in [3.8, 4) is 0 Å². The largest absolute Gasteiger partial charge is 0.466 e. The van der Waals surface area contributed by atoms with Gasteiger partial charge in [0.1, 0.15) is 17.6 Å². The minimum atomic E-state index is -1.33. The molecule has 94 valence electrons. The van der Waals surface area contributed by atoms with E-state index in [1.165, 1.54) is 12.5 Å². The SMILES string of the molecule is CCOC(=O)CC(O)C(O)c1cncnc1Cl. The van der Waals surface area contributed by atoms with Crippen LogP contribution >= 0.6 is 11.6 Å². The van der Waals surface area contributed by atoms with Crippen molar-refractivity contribution < 1.29 is 19.7 Å². The molecule has 1 heterocycles. The Morgan fingerprint density at radius 2 is 2.29 bits per heavy atom. The minimum absolute atomic E-state index is 0.0374. The molecule has 1 aromatic heterocycles. The number of rotatable bonds is 5. The summed E-state index contributed by atoms with van der Waals surface area (Å²) < 4.78 is 4.65. The van der Waals surface area contributed by atoms with Gasteiger partial charge in [-0.15, -0.1) is 0 Å². The van der Waals surface area contributed by atoms with Crippen LogP contribution in [0.4, 0.5) is 0 Å². The summed E-state index contributed by atoms with van der Waals surface area (Å²) in [4.78, 5) is 18.5. The number of halogens is 1. The number of aromatic nitrogens is 2. The number of ether oxygens (including phenoxy) is 1. The molecule has 0 bridgehead atoms. The van der Waals surface area contributed by atoms with Crippen molar-refractivity contribution in [3.05, 3.63) is 23.2 Å². The molecule has 0 aliphatic heterocycles. The maximum atomic E-state index is 11.1. The first-order valence-electron chi connectivity index (χ1n) is 5.03. The average molecular weight is 261 g/mol. The summed E-state index contributed by atoms with van der Waals surface area (Å²) in [6, 6.07) is 0. The van der Waals surface area contributed by atoms with Gasteiger partial charge in [0.2, 0.25) is 0 Å². The van der Waals surface area contributed by atoms with Crippen molar-refractivity contribution in [2.45, 2.75) is 25.6 Å². The van der Waals surface area contributed by atoms with Gasteiger partial charge < -0.3 is 14.9 Å². The zero-order chi connectivity index (χ0) is 12.8. The second kappa shape index (κ2) is 6.48. The van der Waals surface area contributed by atoms with Gasteiger partial charge in [0.15, 0.2) is 0 Å². The molecule has 17 heavy (non-hydrogen) atoms. The molecule has 1 rings (SSSR count). The molecule has 0 saturated heterocycles. The van der Waals surface area contributed by atoms with Crippen LogP contribution in [0.15, 0.2) is 12.5 Å². The molecule has 1 aromatic rings. The first-order valence-corrected chi connectivity index (χ1v) is 5.41. The molecule has 6 nitrogen and oxygen atoms in total. The third-order valence-electron chi connectivity index (χ3n) is 2.05. The van der Waals surface area contributed by atoms with E-state index in [4.69, 9.17) is 11.6 Å². The lowest BCUT2D eigenvalue weighted by Gasteiger charge is -2.17. The summed E-state index contributed by atoms with van der Waals surface area (Å²) in [5.41, 5.74) is 0.172. The Labute approximate surface area is 103 Å². The zero-order valence-electron chi connectivity index (χ0n) is 9.21. The van der Waals surface area contributed by atoms with E-state index < -0.39 is 18.2 Å². The van der Waals surface area contributed by atoms with Gasteiger partial charge in [-0.3, -0.25) is 4.79 Å². The van der Waals surface area contributed by atoms with Crippen LogP contribution < -0.4 is 0 Å². The van der Waals surface area contributed by atoms with E-state index in [0.29, 0.717) is 0 Å². The molecule has 0 saturated carbocycles. The Morgan fingerprint density at radius 3 is 2.88 bits per heavy atom. The van der Waals surface area contributed by atoms with E-state index >= 15 is 0 Å². The fourth-order valence-corrected chi connectivity index (χ4v) is 1.44. The van der Waals surface area contributed by atoms with E-state index in [0.717, 1.165) is 0 Å². The van der Waals surface area contributed by atoms with E-state index in [1.54, 1.807) is 6.92 Å². The number of carbonyl (C=O) groups excluding carboxylic acids is 1. The number of nitrogens with zero attached hydrogens (tertiary/aromatic N) is 2. The number of carbonyl (C=O) groups is 1. The number of aliphatic hydroxyl groups excluding tert-OH is 2. The summed E-state index contributed by atoms with van der Waals surface area (Å²) in [5.74, 6) is -0.591. The normalized spacial score (nSPS) is 14.1. The smallest absolute Gasteiger partial charge is 0.308 e. The monoisotopic (exact) mass is 260 g/mol. The molecule has 7 heteroatoms. The highest BCUT2D eigenvalue weighted by atomic mass is 35.5. The van der Waals surface area contributed by atoms with E-state index in [1.807, 2.05) is 0 Å². The van der Waals surface area contributed by atoms with Crippen LogP contribution in [0, 0.1) is 0 Å². The molecular weight excluding hydrogens is 248 g/mol. The van der Waals surface area contributed by atoms with Crippen molar-refractivity contribution in [2.24, 2.45) is 0 Å². The summed E-state index contributed by atoms with van der Waals surface area (Å²) in [6.07, 6.45) is -0.448. The second-order valence-corrected chi connectivity index (χ2v) is 3.65. The highest BCUT2D eigenvalue weighted by Crippen LogP contribution is 2.23. The first-order chi connectivity index (χ1) is 8.06. The van der Waals surface area contributed by atoms with Crippen molar-refractivity contribution in [2.75, 3.05) is 6.61 Å². The van der Waals surface area contributed by atoms with Crippen molar-refractivity contribution in [1.82, 2.24) is 9.97 Å². The van der Waals surface area contributed by atoms with Gasteiger partial charge in [-0.05, 0) is 6.92 Å². The van der Waals surface area contributed by atoms with Crippen LogP contribution in [0.25, 0.3) is 0 Å². The topological polar surface area (TPSA) is 92.5 Å². The Morgan fingerprint density at radius 1 is 1.59 bits per heavy atom. The predicted molar refractivity (Wildman–Crippen MR) is 59.3 cm³/mol. The molecule has 0 aliphatic rings. The quantitative estimate of drug-likeness (QED) is 0.591. The molecular formula is C10H13ClN2O4. The van der Waals surface area contributed by atoms with E-state index in [2.05, 4.69) is 14.7 Å². The maximum Gasteiger partial charge on any atom is 0.308 e. The van der Waals surface area contributed by atoms with Gasteiger partial charge in [-0.25, -0.2) is 9.97 Å². The van der Waals surface area contributed by atoms with E-state index in [-0.39, 0.29) is 23.7 Å². The highest BCUT2D eigenvalue weighted by molar-refractivity contribution is 6.30. The fraction of sp³-hybridized carbons (Fsp3) is 0.500. The van der Waals surface area contributed by atoms with Gasteiger partial charge in [0.25, 0.3) is 0 Å². The molecule has 2 N–H and O–H groups in total. The Bertz CT molecular complexity index is 388. The molecule has 0 amide bonds. The molecule has 2 atom stereocenters. The molecule has 0 spiro atoms. The van der Waals surface area contributed by atoms with Crippen molar-refractivity contribution in [1.29, 1.82) is 0 Å². The standard InChI is InChI=1S/C10H13ClN2O4/c1-2-17-8(15)3-7(14)9(16)6-4-12-5-13-10(6)11/h4-5,7,9,14,16H,2-3H2,1H3. The van der Waals surface area contributed by atoms with Gasteiger partial charge >= 0.3 is 5.97 Å². The third-order valence-corrected chi connectivity index (χ3v) is 2.37. The highest BCUT2D eigenvalue weighted by Gasteiger charge is 2.24. The molecule has 2 unspecified atom stereocenters. The van der Waals surface area contributed by atoms with Crippen LogP contribution in [-0.2, 0) is 9.53 Å². The first kappa shape index (κ1) is 13.8. The Hall–Kier alpha value is -1.24. The lowest BCUT2D eigenvalue weighted by atomic mass is 10.1. The van der Waals surface area contributed by atoms with Crippen LogP contribution in [0.2, 0.25) is 5.15 Å². The third kappa shape index (κ3) is 3.92. The molecule has 0 aromatic carbocycles. The zero-order valence-corrected chi connectivity index (χ0v) is 9.96. The van der Waals surface area contributed by atoms with Crippen LogP contribution in [0.3, 0.4) is 0 Å². The number of hydrogen-bond donors (Lipinski definition) is 2. The van der Waals surface area contributed by atoms with Gasteiger partial charge in [-0.2, -0.15) is 0 Å². The van der Waals surface area contributed by atoms with Gasteiger partial charge in [0.05, 0.1) is 19.1 Å². The second-order valence-electron chi connectivity index (χ2n) is 3.29. The van der Waals surface area contributed by atoms with Gasteiger partial charge in [-0.1, -0.05) is 11.6 Å². The molecule has 0 fully saturated rings. The average Bonchev–Trinajstić information content (AvgIpc) is 2.29. The van der Waals surface area contributed by atoms with Crippen LogP contribution in [0.1, 0.15) is 25.0 Å². The van der Waals surface area contributed by atoms with Crippen LogP contribution in [-0.4, -0.2) is 38.9 Å². The number of aliphatic hydroxyl groups is 2. The lowest BCUT2D eigenvalue weighted by Crippen LogP contribution is -2.23. The Kier molecular flexibility index (Phi) is 5.27. The minimum Gasteiger partial charge on any atom is -0.466 e. The molecule has 0 aliphatic carbocycles. The predicted octanol–water partition coefficient (Wildman–Crippen LogP) is 0.478. The Balaban J connectivity index is 2.67. The van der Waals surface area contributed by atoms with Crippen molar-refractivity contribution >= 4 is 17.6 Å². The summed E-state index contributed by atoms with van der Waals surface area (Å²) in [7, 11) is 0. The van der Waals surface area contributed by atoms with Crippen LogP contribution in [0.5, 0.6) is 0 Å². The maximum absolute atomic E-state index is 11.1. The summed E-state index contributed by atoms with van der Waals surface area (Å²) in [5, 5.41) is 19.4. The van der Waals surface area contributed by atoms with Crippen molar-refractivity contribution in [3.63, 3.8) is 0 Å². The van der Waals surface area contributed by atoms with E-state index in [9.17, 15) is 15.0 Å². The summed E-state index contributed by atoms with van der Waals surface area (Å²) in [6.45, 7) is 1.87. The fourth-order valence-electron chi connectivity index (χ4n) is 1.23. The number of esters is 1. The summed E-state index contributed by atoms with van der Waals surface area (Å²) >= 11 is 5.72.